The van der Waals surface area contributed by atoms with Crippen molar-refractivity contribution in [3.63, 3.8) is 0 Å². The summed E-state index contributed by atoms with van der Waals surface area (Å²) >= 11 is 9.18. The van der Waals surface area contributed by atoms with Crippen LogP contribution in [0.25, 0.3) is 0 Å². The van der Waals surface area contributed by atoms with Gasteiger partial charge < -0.3 is 9.64 Å². The van der Waals surface area contributed by atoms with Crippen LogP contribution in [0, 0.1) is 5.92 Å². The van der Waals surface area contributed by atoms with E-state index >= 15 is 0 Å². The molecule has 1 atom stereocenters. The largest absolute Gasteiger partial charge is 0.444 e. The van der Waals surface area contributed by atoms with Gasteiger partial charge in [-0.1, -0.05) is 23.4 Å². The van der Waals surface area contributed by atoms with Crippen LogP contribution in [0.5, 0.6) is 0 Å². The minimum Gasteiger partial charge on any atom is -0.444 e. The molecule has 1 aromatic rings. The van der Waals surface area contributed by atoms with Crippen molar-refractivity contribution < 1.29 is 9.53 Å². The summed E-state index contributed by atoms with van der Waals surface area (Å²) in [7, 11) is 0. The van der Waals surface area contributed by atoms with Crippen LogP contribution < -0.4 is 0 Å². The van der Waals surface area contributed by atoms with Crippen LogP contribution in [-0.2, 0) is 4.74 Å². The molecule has 1 aliphatic rings. The number of amides is 1. The molecule has 1 amide bonds. The maximum atomic E-state index is 12.2. The predicted octanol–water partition coefficient (Wildman–Crippen LogP) is 4.59. The fraction of sp³-hybridized carbons (Fsp3) is 0.688. The van der Waals surface area contributed by atoms with E-state index < -0.39 is 5.60 Å². The number of carbonyl (C=O) groups is 1. The van der Waals surface area contributed by atoms with E-state index in [-0.39, 0.29) is 6.09 Å². The standard InChI is InChI=1S/C16H24ClN3O2S2/c1-16(2,3)22-15(21)20-7-5-6-11(9-20)10-24-13-8-12(17)18-14(19-13)23-4/h8,11H,5-7,9-10H2,1-4H3. The van der Waals surface area contributed by atoms with Crippen molar-refractivity contribution in [2.45, 2.75) is 49.4 Å². The second kappa shape index (κ2) is 8.63. The van der Waals surface area contributed by atoms with Crippen LogP contribution in [0.1, 0.15) is 33.6 Å². The molecule has 0 spiro atoms. The van der Waals surface area contributed by atoms with E-state index in [1.165, 1.54) is 11.8 Å². The average molecular weight is 390 g/mol. The van der Waals surface area contributed by atoms with E-state index in [4.69, 9.17) is 16.3 Å². The molecule has 0 bridgehead atoms. The lowest BCUT2D eigenvalue weighted by Crippen LogP contribution is -2.43. The van der Waals surface area contributed by atoms with Gasteiger partial charge in [0.15, 0.2) is 5.16 Å². The first-order chi connectivity index (χ1) is 11.3. The highest BCUT2D eigenvalue weighted by Crippen LogP contribution is 2.27. The molecular formula is C16H24ClN3O2S2. The molecule has 8 heteroatoms. The zero-order chi connectivity index (χ0) is 17.7. The highest BCUT2D eigenvalue weighted by Gasteiger charge is 2.27. The monoisotopic (exact) mass is 389 g/mol. The summed E-state index contributed by atoms with van der Waals surface area (Å²) in [5.41, 5.74) is -0.454. The van der Waals surface area contributed by atoms with Gasteiger partial charge in [0.05, 0.1) is 0 Å². The second-order valence-electron chi connectivity index (χ2n) is 6.76. The van der Waals surface area contributed by atoms with Gasteiger partial charge >= 0.3 is 6.09 Å². The molecule has 0 radical (unpaired) electrons. The Morgan fingerprint density at radius 1 is 1.46 bits per heavy atom. The van der Waals surface area contributed by atoms with Crippen molar-refractivity contribution in [1.29, 1.82) is 0 Å². The van der Waals surface area contributed by atoms with E-state index in [9.17, 15) is 4.79 Å². The molecule has 24 heavy (non-hydrogen) atoms. The molecule has 1 saturated heterocycles. The van der Waals surface area contributed by atoms with E-state index in [0.29, 0.717) is 16.2 Å². The first kappa shape index (κ1) is 19.7. The minimum absolute atomic E-state index is 0.216. The van der Waals surface area contributed by atoms with Crippen molar-refractivity contribution in [3.05, 3.63) is 11.2 Å². The quantitative estimate of drug-likeness (QED) is 0.426. The van der Waals surface area contributed by atoms with Crippen LogP contribution in [0.15, 0.2) is 16.2 Å². The summed E-state index contributed by atoms with van der Waals surface area (Å²) in [6, 6.07) is 1.79. The fourth-order valence-corrected chi connectivity index (χ4v) is 4.20. The molecule has 0 N–H and O–H groups in total. The maximum absolute atomic E-state index is 12.2. The van der Waals surface area contributed by atoms with Crippen LogP contribution in [0.2, 0.25) is 5.15 Å². The number of halogens is 1. The van der Waals surface area contributed by atoms with Gasteiger partial charge in [-0.25, -0.2) is 14.8 Å². The second-order valence-corrected chi connectivity index (χ2v) is 8.96. The van der Waals surface area contributed by atoms with Crippen LogP contribution >= 0.6 is 35.1 Å². The van der Waals surface area contributed by atoms with Gasteiger partial charge in [-0.15, -0.1) is 11.8 Å². The average Bonchev–Trinajstić information content (AvgIpc) is 2.51. The number of rotatable bonds is 4. The number of aromatic nitrogens is 2. The van der Waals surface area contributed by atoms with Gasteiger partial charge in [-0.3, -0.25) is 0 Å². The summed E-state index contributed by atoms with van der Waals surface area (Å²) in [6.07, 6.45) is 3.83. The number of piperidine rings is 1. The van der Waals surface area contributed by atoms with Gasteiger partial charge in [0.25, 0.3) is 0 Å². The zero-order valence-corrected chi connectivity index (χ0v) is 16.9. The van der Waals surface area contributed by atoms with Crippen molar-refractivity contribution in [2.75, 3.05) is 25.1 Å². The Bertz CT molecular complexity index is 581. The number of hydrogen-bond donors (Lipinski definition) is 0. The van der Waals surface area contributed by atoms with Crippen molar-refractivity contribution in [2.24, 2.45) is 5.92 Å². The van der Waals surface area contributed by atoms with E-state index in [2.05, 4.69) is 9.97 Å². The lowest BCUT2D eigenvalue weighted by molar-refractivity contribution is 0.0177. The summed E-state index contributed by atoms with van der Waals surface area (Å²) in [5.74, 6) is 1.34. The molecule has 0 saturated carbocycles. The summed E-state index contributed by atoms with van der Waals surface area (Å²) < 4.78 is 5.47. The molecule has 0 aliphatic carbocycles. The SMILES string of the molecule is CSc1nc(Cl)cc(SCC2CCCN(C(=O)OC(C)(C)C)C2)n1. The molecule has 2 rings (SSSR count). The first-order valence-corrected chi connectivity index (χ1v) is 10.5. The van der Waals surface area contributed by atoms with Gasteiger partial charge in [0.2, 0.25) is 0 Å². The summed E-state index contributed by atoms with van der Waals surface area (Å²) in [4.78, 5) is 22.7. The third-order valence-corrected chi connectivity index (χ3v) is 5.36. The highest BCUT2D eigenvalue weighted by molar-refractivity contribution is 7.99. The molecule has 1 unspecified atom stereocenters. The lowest BCUT2D eigenvalue weighted by atomic mass is 10.0. The Balaban J connectivity index is 1.89. The topological polar surface area (TPSA) is 55.3 Å². The predicted molar refractivity (Wildman–Crippen MR) is 100 cm³/mol. The Morgan fingerprint density at radius 3 is 2.88 bits per heavy atom. The molecule has 2 heterocycles. The maximum Gasteiger partial charge on any atom is 0.410 e. The van der Waals surface area contributed by atoms with Crippen LogP contribution in [0.4, 0.5) is 4.79 Å². The third-order valence-electron chi connectivity index (χ3n) is 3.47. The molecule has 0 aromatic carbocycles. The normalized spacial score (nSPS) is 18.5. The van der Waals surface area contributed by atoms with Gasteiger partial charge in [-0.2, -0.15) is 0 Å². The number of likely N-dealkylation sites (tertiary alicyclic amines) is 1. The number of ether oxygens (including phenoxy) is 1. The van der Waals surface area contributed by atoms with E-state index in [0.717, 1.165) is 36.7 Å². The van der Waals surface area contributed by atoms with Gasteiger partial charge in [0.1, 0.15) is 15.8 Å². The Hall–Kier alpha value is -0.660. The molecule has 134 valence electrons. The number of carbonyl (C=O) groups excluding carboxylic acids is 1. The van der Waals surface area contributed by atoms with Gasteiger partial charge in [-0.05, 0) is 45.8 Å². The van der Waals surface area contributed by atoms with Crippen molar-refractivity contribution in [1.82, 2.24) is 14.9 Å². The van der Waals surface area contributed by atoms with Crippen molar-refractivity contribution >= 4 is 41.2 Å². The molecule has 1 aliphatic heterocycles. The van der Waals surface area contributed by atoms with Crippen LogP contribution in [0.3, 0.4) is 0 Å². The van der Waals surface area contributed by atoms with Gasteiger partial charge in [0, 0.05) is 24.9 Å². The fourth-order valence-electron chi connectivity index (χ4n) is 2.44. The summed E-state index contributed by atoms with van der Waals surface area (Å²) in [5, 5.41) is 2.04. The highest BCUT2D eigenvalue weighted by atomic mass is 35.5. The Kier molecular flexibility index (Phi) is 7.07. The molecular weight excluding hydrogens is 366 g/mol. The van der Waals surface area contributed by atoms with Crippen molar-refractivity contribution in [3.8, 4) is 0 Å². The van der Waals surface area contributed by atoms with E-state index in [1.54, 1.807) is 17.8 Å². The number of hydrogen-bond acceptors (Lipinski definition) is 6. The lowest BCUT2D eigenvalue weighted by Gasteiger charge is -2.34. The van der Waals surface area contributed by atoms with Crippen LogP contribution in [-0.4, -0.2) is 51.7 Å². The summed E-state index contributed by atoms with van der Waals surface area (Å²) in [6.45, 7) is 7.18. The molecule has 1 fully saturated rings. The number of thioether (sulfide) groups is 2. The molecule has 5 nitrogen and oxygen atoms in total. The smallest absolute Gasteiger partial charge is 0.410 e. The first-order valence-electron chi connectivity index (χ1n) is 7.96. The number of nitrogens with zero attached hydrogens (tertiary/aromatic N) is 3. The Morgan fingerprint density at radius 2 is 2.21 bits per heavy atom. The zero-order valence-electron chi connectivity index (χ0n) is 14.5. The minimum atomic E-state index is -0.454. The molecule has 1 aromatic heterocycles. The third kappa shape index (κ3) is 6.33. The van der Waals surface area contributed by atoms with E-state index in [1.807, 2.05) is 31.9 Å². The Labute approximate surface area is 157 Å².